The predicted molar refractivity (Wildman–Crippen MR) is 67.6 cm³/mol. The van der Waals surface area contributed by atoms with Crippen LogP contribution in [-0.2, 0) is 0 Å². The largest absolute Gasteiger partial charge is 0.398 e. The highest BCUT2D eigenvalue weighted by atomic mass is 35.5. The first kappa shape index (κ1) is 12.6. The summed E-state index contributed by atoms with van der Waals surface area (Å²) in [6.07, 6.45) is 4.75. The van der Waals surface area contributed by atoms with Crippen molar-refractivity contribution in [3.63, 3.8) is 0 Å². The van der Waals surface area contributed by atoms with Gasteiger partial charge in [-0.15, -0.1) is 0 Å². The highest BCUT2D eigenvalue weighted by Gasteiger charge is 2.08. The Kier molecular flexibility index (Phi) is 4.86. The first-order chi connectivity index (χ1) is 7.65. The van der Waals surface area contributed by atoms with Gasteiger partial charge in [-0.3, -0.25) is 4.79 Å². The van der Waals surface area contributed by atoms with Crippen LogP contribution >= 0.6 is 11.6 Å². The summed E-state index contributed by atoms with van der Waals surface area (Å²) >= 11 is 5.75. The third-order valence-electron chi connectivity index (χ3n) is 2.09. The van der Waals surface area contributed by atoms with Crippen LogP contribution in [0.25, 0.3) is 0 Å². The highest BCUT2D eigenvalue weighted by molar-refractivity contribution is 6.31. The second-order valence-corrected chi connectivity index (χ2v) is 3.78. The maximum atomic E-state index is 11.7. The van der Waals surface area contributed by atoms with Crippen LogP contribution in [-0.4, -0.2) is 12.5 Å². The van der Waals surface area contributed by atoms with E-state index in [0.717, 1.165) is 6.42 Å². The van der Waals surface area contributed by atoms with Crippen LogP contribution in [0.15, 0.2) is 30.4 Å². The molecule has 4 heteroatoms. The van der Waals surface area contributed by atoms with E-state index in [9.17, 15) is 4.79 Å². The van der Waals surface area contributed by atoms with E-state index in [1.807, 2.05) is 19.1 Å². The Hall–Kier alpha value is -1.48. The van der Waals surface area contributed by atoms with Crippen molar-refractivity contribution in [3.05, 3.63) is 40.9 Å². The summed E-state index contributed by atoms with van der Waals surface area (Å²) in [6.45, 7) is 2.55. The van der Waals surface area contributed by atoms with Crippen LogP contribution in [0.4, 0.5) is 5.69 Å². The molecule has 0 aromatic heterocycles. The standard InChI is InChI=1S/C12H15ClN2O/c1-2-3-4-7-15-12(16)10-6-5-9(13)8-11(10)14/h2-3,5-6,8H,4,7,14H2,1H3,(H,15,16)/b3-2+. The Bertz CT molecular complexity index is 402. The second-order valence-electron chi connectivity index (χ2n) is 3.35. The molecule has 3 N–H and O–H groups in total. The lowest BCUT2D eigenvalue weighted by Crippen LogP contribution is -2.25. The Morgan fingerprint density at radius 3 is 2.94 bits per heavy atom. The van der Waals surface area contributed by atoms with Crippen molar-refractivity contribution in [3.8, 4) is 0 Å². The lowest BCUT2D eigenvalue weighted by atomic mass is 10.1. The number of nitrogens with two attached hydrogens (primary N) is 1. The smallest absolute Gasteiger partial charge is 0.253 e. The van der Waals surface area contributed by atoms with Crippen LogP contribution in [0.2, 0.25) is 5.02 Å². The first-order valence-corrected chi connectivity index (χ1v) is 5.47. The number of amides is 1. The van der Waals surface area contributed by atoms with Gasteiger partial charge in [0.25, 0.3) is 5.91 Å². The highest BCUT2D eigenvalue weighted by Crippen LogP contribution is 2.17. The fraction of sp³-hybridized carbons (Fsp3) is 0.250. The first-order valence-electron chi connectivity index (χ1n) is 5.09. The van der Waals surface area contributed by atoms with E-state index in [1.165, 1.54) is 0 Å². The fourth-order valence-corrected chi connectivity index (χ4v) is 1.45. The fourth-order valence-electron chi connectivity index (χ4n) is 1.27. The van der Waals surface area contributed by atoms with Crippen LogP contribution in [0.3, 0.4) is 0 Å². The minimum atomic E-state index is -0.168. The summed E-state index contributed by atoms with van der Waals surface area (Å²) in [7, 11) is 0. The number of hydrogen-bond acceptors (Lipinski definition) is 2. The second kappa shape index (κ2) is 6.18. The molecule has 1 aromatic carbocycles. The molecule has 0 bridgehead atoms. The average Bonchev–Trinajstić information content (AvgIpc) is 2.24. The molecule has 0 heterocycles. The number of halogens is 1. The molecule has 0 atom stereocenters. The monoisotopic (exact) mass is 238 g/mol. The summed E-state index contributed by atoms with van der Waals surface area (Å²) in [4.78, 5) is 11.7. The van der Waals surface area contributed by atoms with Gasteiger partial charge in [-0.25, -0.2) is 0 Å². The van der Waals surface area contributed by atoms with Crippen molar-refractivity contribution >= 4 is 23.2 Å². The molecule has 1 rings (SSSR count). The number of anilines is 1. The quantitative estimate of drug-likeness (QED) is 0.481. The number of nitrogen functional groups attached to an aromatic ring is 1. The zero-order chi connectivity index (χ0) is 12.0. The van der Waals surface area contributed by atoms with Gasteiger partial charge < -0.3 is 11.1 Å². The lowest BCUT2D eigenvalue weighted by Gasteiger charge is -2.06. The van der Waals surface area contributed by atoms with Gasteiger partial charge >= 0.3 is 0 Å². The molecule has 0 saturated heterocycles. The van der Waals surface area contributed by atoms with Crippen molar-refractivity contribution in [1.29, 1.82) is 0 Å². The normalized spacial score (nSPS) is 10.6. The Labute approximate surface area is 100 Å². The van der Waals surface area contributed by atoms with E-state index < -0.39 is 0 Å². The van der Waals surface area contributed by atoms with Crippen LogP contribution in [0.1, 0.15) is 23.7 Å². The van der Waals surface area contributed by atoms with Gasteiger partial charge in [-0.2, -0.15) is 0 Å². The van der Waals surface area contributed by atoms with Crippen molar-refractivity contribution in [1.82, 2.24) is 5.32 Å². The van der Waals surface area contributed by atoms with E-state index in [2.05, 4.69) is 5.32 Å². The van der Waals surface area contributed by atoms with Crippen molar-refractivity contribution in [2.24, 2.45) is 0 Å². The molecule has 1 amide bonds. The summed E-state index contributed by atoms with van der Waals surface area (Å²) < 4.78 is 0. The van der Waals surface area contributed by atoms with Crippen LogP contribution < -0.4 is 11.1 Å². The number of carbonyl (C=O) groups excluding carboxylic acids is 1. The maximum absolute atomic E-state index is 11.7. The minimum absolute atomic E-state index is 0.168. The van der Waals surface area contributed by atoms with Crippen LogP contribution in [0.5, 0.6) is 0 Å². The van der Waals surface area contributed by atoms with Gasteiger partial charge in [0.05, 0.1) is 5.56 Å². The molecule has 0 aliphatic carbocycles. The molecule has 1 aromatic rings. The molecule has 0 fully saturated rings. The van der Waals surface area contributed by atoms with Crippen molar-refractivity contribution in [2.45, 2.75) is 13.3 Å². The third kappa shape index (κ3) is 3.59. The summed E-state index contributed by atoms with van der Waals surface area (Å²) in [5.74, 6) is -0.168. The van der Waals surface area contributed by atoms with E-state index in [0.29, 0.717) is 22.8 Å². The predicted octanol–water partition coefficient (Wildman–Crippen LogP) is 2.62. The minimum Gasteiger partial charge on any atom is -0.398 e. The zero-order valence-corrected chi connectivity index (χ0v) is 9.92. The van der Waals surface area contributed by atoms with E-state index in [-0.39, 0.29) is 5.91 Å². The molecule has 86 valence electrons. The van der Waals surface area contributed by atoms with Gasteiger partial charge in [0, 0.05) is 17.3 Å². The summed E-state index contributed by atoms with van der Waals surface area (Å²) in [5, 5.41) is 3.31. The molecule has 0 radical (unpaired) electrons. The average molecular weight is 239 g/mol. The molecule has 0 aliphatic rings. The molecule has 0 saturated carbocycles. The Balaban J connectivity index is 2.59. The molecule has 0 spiro atoms. The van der Waals surface area contributed by atoms with Gasteiger partial charge in [-0.05, 0) is 31.5 Å². The number of benzene rings is 1. The summed E-state index contributed by atoms with van der Waals surface area (Å²) in [6, 6.07) is 4.85. The number of carbonyl (C=O) groups is 1. The zero-order valence-electron chi connectivity index (χ0n) is 9.16. The molecular weight excluding hydrogens is 224 g/mol. The SMILES string of the molecule is C/C=C/CCNC(=O)c1ccc(Cl)cc1N. The van der Waals surface area contributed by atoms with Crippen molar-refractivity contribution in [2.75, 3.05) is 12.3 Å². The molecule has 3 nitrogen and oxygen atoms in total. The van der Waals surface area contributed by atoms with Crippen LogP contribution in [0, 0.1) is 0 Å². The lowest BCUT2D eigenvalue weighted by molar-refractivity contribution is 0.0955. The Morgan fingerprint density at radius 1 is 1.56 bits per heavy atom. The number of rotatable bonds is 4. The third-order valence-corrected chi connectivity index (χ3v) is 2.33. The Morgan fingerprint density at radius 2 is 2.31 bits per heavy atom. The number of allylic oxidation sites excluding steroid dienone is 1. The molecule has 0 aliphatic heterocycles. The number of hydrogen-bond donors (Lipinski definition) is 2. The van der Waals surface area contributed by atoms with Gasteiger partial charge in [-0.1, -0.05) is 23.8 Å². The van der Waals surface area contributed by atoms with Gasteiger partial charge in [0.2, 0.25) is 0 Å². The molecule has 0 unspecified atom stereocenters. The van der Waals surface area contributed by atoms with Gasteiger partial charge in [0.15, 0.2) is 0 Å². The number of nitrogens with one attached hydrogen (secondary N) is 1. The molecule has 16 heavy (non-hydrogen) atoms. The summed E-state index contributed by atoms with van der Waals surface area (Å²) in [5.41, 5.74) is 6.56. The molecular formula is C12H15ClN2O. The van der Waals surface area contributed by atoms with Gasteiger partial charge in [0.1, 0.15) is 0 Å². The van der Waals surface area contributed by atoms with E-state index in [1.54, 1.807) is 18.2 Å². The van der Waals surface area contributed by atoms with Crippen molar-refractivity contribution < 1.29 is 4.79 Å². The van der Waals surface area contributed by atoms with E-state index in [4.69, 9.17) is 17.3 Å². The maximum Gasteiger partial charge on any atom is 0.253 e. The topological polar surface area (TPSA) is 55.1 Å². The van der Waals surface area contributed by atoms with E-state index >= 15 is 0 Å².